The molecule has 92 valence electrons. The molecule has 2 heterocycles. The van der Waals surface area contributed by atoms with Crippen molar-refractivity contribution in [3.63, 3.8) is 0 Å². The van der Waals surface area contributed by atoms with Gasteiger partial charge in [-0.1, -0.05) is 6.07 Å². The van der Waals surface area contributed by atoms with Gasteiger partial charge >= 0.3 is 0 Å². The van der Waals surface area contributed by atoms with E-state index in [1.165, 1.54) is 18.4 Å². The highest BCUT2D eigenvalue weighted by atomic mass is 35.5. The minimum atomic E-state index is 0. The summed E-state index contributed by atoms with van der Waals surface area (Å²) in [5, 5.41) is 0. The van der Waals surface area contributed by atoms with Crippen molar-refractivity contribution in [2.24, 2.45) is 0 Å². The summed E-state index contributed by atoms with van der Waals surface area (Å²) in [7, 11) is 1.79. The van der Waals surface area contributed by atoms with E-state index in [2.05, 4.69) is 4.98 Å². The molecular formula is C12H16ClN3O. The zero-order valence-corrected chi connectivity index (χ0v) is 10.6. The second kappa shape index (κ2) is 3.88. The fraction of sp³-hybridized carbons (Fsp3) is 0.500. The Bertz CT molecular complexity index is 471. The van der Waals surface area contributed by atoms with Gasteiger partial charge < -0.3 is 5.73 Å². The molecule has 1 aliphatic carbocycles. The van der Waals surface area contributed by atoms with Crippen LogP contribution in [0.1, 0.15) is 31.2 Å². The molecule has 1 aromatic heterocycles. The number of anilines is 2. The number of amides is 1. The lowest BCUT2D eigenvalue weighted by Gasteiger charge is -2.18. The van der Waals surface area contributed by atoms with Crippen molar-refractivity contribution in [2.75, 3.05) is 17.7 Å². The Labute approximate surface area is 107 Å². The fourth-order valence-electron chi connectivity index (χ4n) is 2.57. The lowest BCUT2D eigenvalue weighted by molar-refractivity contribution is -0.118. The Morgan fingerprint density at radius 2 is 2.06 bits per heavy atom. The first-order chi connectivity index (χ1) is 7.62. The van der Waals surface area contributed by atoms with Crippen LogP contribution < -0.4 is 10.6 Å². The Kier molecular flexibility index (Phi) is 2.78. The molecule has 0 atom stereocenters. The standard InChI is InChI=1S/C12H15N3O.ClH/c1-15-10(16)4-5-12(6-7-12)8-2-3-9(13)14-11(8)15;/h2-3H,4-7H2,1H3,(H2,13,14);1H. The number of hydrogen-bond acceptors (Lipinski definition) is 3. The van der Waals surface area contributed by atoms with Crippen LogP contribution in [0.4, 0.5) is 11.6 Å². The van der Waals surface area contributed by atoms with E-state index in [-0.39, 0.29) is 23.7 Å². The number of aromatic nitrogens is 1. The highest BCUT2D eigenvalue weighted by Gasteiger charge is 2.48. The summed E-state index contributed by atoms with van der Waals surface area (Å²) in [6.45, 7) is 0. The molecule has 0 aromatic carbocycles. The van der Waals surface area contributed by atoms with Gasteiger partial charge in [0.25, 0.3) is 0 Å². The van der Waals surface area contributed by atoms with Crippen LogP contribution in [-0.2, 0) is 10.2 Å². The van der Waals surface area contributed by atoms with E-state index in [9.17, 15) is 4.79 Å². The third-order valence-corrected chi connectivity index (χ3v) is 3.83. The molecule has 0 bridgehead atoms. The summed E-state index contributed by atoms with van der Waals surface area (Å²) in [6, 6.07) is 3.88. The van der Waals surface area contributed by atoms with Crippen LogP contribution in [-0.4, -0.2) is 17.9 Å². The predicted molar refractivity (Wildman–Crippen MR) is 69.5 cm³/mol. The van der Waals surface area contributed by atoms with Gasteiger partial charge in [0.2, 0.25) is 5.91 Å². The van der Waals surface area contributed by atoms with Crippen molar-refractivity contribution < 1.29 is 4.79 Å². The number of hydrogen-bond donors (Lipinski definition) is 1. The fourth-order valence-corrected chi connectivity index (χ4v) is 2.57. The van der Waals surface area contributed by atoms with Crippen LogP contribution in [0.5, 0.6) is 0 Å². The van der Waals surface area contributed by atoms with Crippen LogP contribution in [0.25, 0.3) is 0 Å². The smallest absolute Gasteiger partial charge is 0.227 e. The third-order valence-electron chi connectivity index (χ3n) is 3.83. The van der Waals surface area contributed by atoms with E-state index in [1.807, 2.05) is 12.1 Å². The van der Waals surface area contributed by atoms with Crippen molar-refractivity contribution >= 4 is 29.9 Å². The van der Waals surface area contributed by atoms with Crippen LogP contribution >= 0.6 is 12.4 Å². The second-order valence-corrected chi connectivity index (χ2v) is 4.84. The summed E-state index contributed by atoms with van der Waals surface area (Å²) < 4.78 is 0. The van der Waals surface area contributed by atoms with Gasteiger partial charge in [-0.3, -0.25) is 9.69 Å². The van der Waals surface area contributed by atoms with Gasteiger partial charge in [-0.25, -0.2) is 4.98 Å². The maximum Gasteiger partial charge on any atom is 0.227 e. The molecule has 1 fully saturated rings. The van der Waals surface area contributed by atoms with Gasteiger partial charge in [0.05, 0.1) is 0 Å². The lowest BCUT2D eigenvalue weighted by Crippen LogP contribution is -2.26. The minimum Gasteiger partial charge on any atom is -0.384 e. The molecule has 0 unspecified atom stereocenters. The van der Waals surface area contributed by atoms with Gasteiger partial charge in [0.1, 0.15) is 11.6 Å². The number of carbonyl (C=O) groups excluding carboxylic acids is 1. The van der Waals surface area contributed by atoms with E-state index in [0.717, 1.165) is 12.2 Å². The number of carbonyl (C=O) groups is 1. The SMILES string of the molecule is CN1C(=O)CCC2(CC2)c2ccc(N)nc21.Cl. The van der Waals surface area contributed by atoms with Crippen molar-refractivity contribution in [3.8, 4) is 0 Å². The van der Waals surface area contributed by atoms with Crippen molar-refractivity contribution in [1.29, 1.82) is 0 Å². The number of nitrogen functional groups attached to an aromatic ring is 1. The number of fused-ring (bicyclic) bond motifs is 2. The van der Waals surface area contributed by atoms with Crippen LogP contribution in [0.3, 0.4) is 0 Å². The predicted octanol–water partition coefficient (Wildman–Crippen LogP) is 1.87. The monoisotopic (exact) mass is 253 g/mol. The van der Waals surface area contributed by atoms with E-state index in [1.54, 1.807) is 11.9 Å². The normalized spacial score (nSPS) is 20.5. The van der Waals surface area contributed by atoms with Gasteiger partial charge in [0, 0.05) is 19.0 Å². The summed E-state index contributed by atoms with van der Waals surface area (Å²) >= 11 is 0. The molecule has 2 aliphatic rings. The summed E-state index contributed by atoms with van der Waals surface area (Å²) in [5.74, 6) is 1.39. The molecule has 1 saturated carbocycles. The Morgan fingerprint density at radius 1 is 1.35 bits per heavy atom. The molecule has 4 nitrogen and oxygen atoms in total. The first-order valence-electron chi connectivity index (χ1n) is 5.66. The van der Waals surface area contributed by atoms with Crippen molar-refractivity contribution in [3.05, 3.63) is 17.7 Å². The molecular weight excluding hydrogens is 238 g/mol. The first-order valence-corrected chi connectivity index (χ1v) is 5.66. The molecule has 1 aromatic rings. The summed E-state index contributed by atoms with van der Waals surface area (Å²) in [6.07, 6.45) is 3.92. The molecule has 0 radical (unpaired) electrons. The maximum absolute atomic E-state index is 11.8. The molecule has 1 aliphatic heterocycles. The zero-order chi connectivity index (χ0) is 11.3. The Morgan fingerprint density at radius 3 is 2.71 bits per heavy atom. The number of rotatable bonds is 0. The van der Waals surface area contributed by atoms with Gasteiger partial charge in [-0.2, -0.15) is 0 Å². The molecule has 1 spiro atoms. The molecule has 0 saturated heterocycles. The van der Waals surface area contributed by atoms with E-state index in [0.29, 0.717) is 12.2 Å². The molecule has 3 rings (SSSR count). The number of halogens is 1. The molecule has 2 N–H and O–H groups in total. The highest BCUT2D eigenvalue weighted by Crippen LogP contribution is 2.55. The number of nitrogens with zero attached hydrogens (tertiary/aromatic N) is 2. The third kappa shape index (κ3) is 1.76. The minimum absolute atomic E-state index is 0. The average molecular weight is 254 g/mol. The van der Waals surface area contributed by atoms with Crippen LogP contribution in [0.2, 0.25) is 0 Å². The van der Waals surface area contributed by atoms with E-state index in [4.69, 9.17) is 5.73 Å². The topological polar surface area (TPSA) is 59.2 Å². The van der Waals surface area contributed by atoms with E-state index < -0.39 is 0 Å². The Balaban J connectivity index is 0.00000108. The van der Waals surface area contributed by atoms with Crippen LogP contribution in [0.15, 0.2) is 12.1 Å². The van der Waals surface area contributed by atoms with Gasteiger partial charge in [0.15, 0.2) is 0 Å². The van der Waals surface area contributed by atoms with Crippen molar-refractivity contribution in [1.82, 2.24) is 4.98 Å². The van der Waals surface area contributed by atoms with Gasteiger partial charge in [-0.05, 0) is 30.7 Å². The van der Waals surface area contributed by atoms with Crippen LogP contribution in [0, 0.1) is 0 Å². The van der Waals surface area contributed by atoms with Crippen molar-refractivity contribution in [2.45, 2.75) is 31.1 Å². The van der Waals surface area contributed by atoms with Gasteiger partial charge in [-0.15, -0.1) is 12.4 Å². The Hall–Kier alpha value is -1.29. The summed E-state index contributed by atoms with van der Waals surface area (Å²) in [5.41, 5.74) is 7.12. The molecule has 17 heavy (non-hydrogen) atoms. The summed E-state index contributed by atoms with van der Waals surface area (Å²) in [4.78, 5) is 17.8. The zero-order valence-electron chi connectivity index (χ0n) is 9.77. The van der Waals surface area contributed by atoms with E-state index >= 15 is 0 Å². The quantitative estimate of drug-likeness (QED) is 0.768. The first kappa shape index (κ1) is 12.2. The number of nitrogens with two attached hydrogens (primary N) is 1. The maximum atomic E-state index is 11.8. The molecule has 1 amide bonds. The number of pyridine rings is 1. The average Bonchev–Trinajstić information content (AvgIpc) is 3.05. The lowest BCUT2D eigenvalue weighted by atomic mass is 9.92. The largest absolute Gasteiger partial charge is 0.384 e. The second-order valence-electron chi connectivity index (χ2n) is 4.84. The molecule has 5 heteroatoms. The highest BCUT2D eigenvalue weighted by molar-refractivity contribution is 5.94.